The lowest BCUT2D eigenvalue weighted by Crippen LogP contribution is -1.87. The van der Waals surface area contributed by atoms with E-state index in [-0.39, 0.29) is 5.12 Å². The predicted octanol–water partition coefficient (Wildman–Crippen LogP) is 7.28. The summed E-state index contributed by atoms with van der Waals surface area (Å²) in [5.41, 5.74) is 0. The molecule has 0 fully saturated rings. The normalized spacial score (nSPS) is 11.1. The average molecular weight is 373 g/mol. The first-order valence-corrected chi connectivity index (χ1v) is 12.0. The highest BCUT2D eigenvalue weighted by atomic mass is 32.2. The minimum absolute atomic E-state index is 0.259. The molecule has 0 bridgehead atoms. The molecule has 0 aromatic heterocycles. The zero-order valence-electron chi connectivity index (χ0n) is 16.9. The Morgan fingerprint density at radius 2 is 0.840 bits per heavy atom. The van der Waals surface area contributed by atoms with Gasteiger partial charge in [0.25, 0.3) is 0 Å². The van der Waals surface area contributed by atoms with E-state index < -0.39 is 0 Å². The van der Waals surface area contributed by atoms with Crippen LogP contribution in [-0.2, 0) is 4.79 Å². The maximum absolute atomic E-state index is 10.8. The van der Waals surface area contributed by atoms with Crippen molar-refractivity contribution in [3.05, 3.63) is 0 Å². The summed E-state index contributed by atoms with van der Waals surface area (Å²) in [6, 6.07) is 0. The second-order valence-electron chi connectivity index (χ2n) is 7.43. The number of aliphatic hydroxyl groups excluding tert-OH is 1. The standard InChI is InChI=1S/C22H44O2S/c1-22(24)25-21-19-17-15-13-11-9-7-5-3-2-4-6-8-10-12-14-16-18-20-23/h23H,2-21H2,1H3. The highest BCUT2D eigenvalue weighted by Gasteiger charge is 1.96. The van der Waals surface area contributed by atoms with Gasteiger partial charge in [0, 0.05) is 19.3 Å². The van der Waals surface area contributed by atoms with Crippen LogP contribution in [0, 0.1) is 0 Å². The SMILES string of the molecule is CC(=O)SCCCCCCCCCCCCCCCCCCCCO. The molecule has 0 heterocycles. The summed E-state index contributed by atoms with van der Waals surface area (Å²) in [6.45, 7) is 2.02. The largest absolute Gasteiger partial charge is 0.396 e. The van der Waals surface area contributed by atoms with E-state index in [4.69, 9.17) is 5.11 Å². The smallest absolute Gasteiger partial charge is 0.185 e. The third-order valence-corrected chi connectivity index (χ3v) is 5.76. The molecule has 0 aromatic carbocycles. The molecular formula is C22H44O2S. The molecule has 25 heavy (non-hydrogen) atoms. The molecule has 0 aliphatic heterocycles. The van der Waals surface area contributed by atoms with Gasteiger partial charge in [0.15, 0.2) is 5.12 Å². The molecule has 2 nitrogen and oxygen atoms in total. The molecule has 0 amide bonds. The minimum Gasteiger partial charge on any atom is -0.396 e. The number of hydrogen-bond acceptors (Lipinski definition) is 3. The zero-order valence-corrected chi connectivity index (χ0v) is 17.7. The quantitative estimate of drug-likeness (QED) is 0.228. The number of unbranched alkanes of at least 4 members (excludes halogenated alkanes) is 17. The second kappa shape index (κ2) is 22.0. The maximum Gasteiger partial charge on any atom is 0.185 e. The van der Waals surface area contributed by atoms with Crippen LogP contribution in [0.5, 0.6) is 0 Å². The maximum atomic E-state index is 10.8. The molecular weight excluding hydrogens is 328 g/mol. The molecule has 0 saturated heterocycles. The van der Waals surface area contributed by atoms with Crippen LogP contribution in [0.25, 0.3) is 0 Å². The number of hydrogen-bond donors (Lipinski definition) is 1. The first-order chi connectivity index (χ1) is 12.3. The zero-order chi connectivity index (χ0) is 18.4. The summed E-state index contributed by atoms with van der Waals surface area (Å²) >= 11 is 1.47. The van der Waals surface area contributed by atoms with Crippen molar-refractivity contribution in [1.82, 2.24) is 0 Å². The first-order valence-electron chi connectivity index (χ1n) is 11.0. The topological polar surface area (TPSA) is 37.3 Å². The van der Waals surface area contributed by atoms with Gasteiger partial charge < -0.3 is 5.11 Å². The van der Waals surface area contributed by atoms with Gasteiger partial charge >= 0.3 is 0 Å². The number of thioether (sulfide) groups is 1. The van der Waals surface area contributed by atoms with Crippen LogP contribution in [0.4, 0.5) is 0 Å². The van der Waals surface area contributed by atoms with Crippen molar-refractivity contribution in [1.29, 1.82) is 0 Å². The third-order valence-electron chi connectivity index (χ3n) is 4.86. The molecule has 0 saturated carbocycles. The van der Waals surface area contributed by atoms with Gasteiger partial charge in [-0.2, -0.15) is 0 Å². The van der Waals surface area contributed by atoms with Gasteiger partial charge in [-0.3, -0.25) is 4.79 Å². The molecule has 1 N–H and O–H groups in total. The lowest BCUT2D eigenvalue weighted by molar-refractivity contribution is -0.109. The number of rotatable bonds is 20. The third kappa shape index (κ3) is 24.0. The van der Waals surface area contributed by atoms with Crippen LogP contribution in [0.2, 0.25) is 0 Å². The van der Waals surface area contributed by atoms with Gasteiger partial charge in [-0.15, -0.1) is 0 Å². The van der Waals surface area contributed by atoms with Crippen molar-refractivity contribution in [2.24, 2.45) is 0 Å². The van der Waals surface area contributed by atoms with E-state index in [0.717, 1.165) is 12.2 Å². The van der Waals surface area contributed by atoms with Gasteiger partial charge in [-0.25, -0.2) is 0 Å². The Balaban J connectivity index is 2.97. The Morgan fingerprint density at radius 3 is 1.12 bits per heavy atom. The molecule has 0 unspecified atom stereocenters. The van der Waals surface area contributed by atoms with E-state index in [9.17, 15) is 4.79 Å². The summed E-state index contributed by atoms with van der Waals surface area (Å²) in [6.07, 6.45) is 24.2. The van der Waals surface area contributed by atoms with E-state index in [1.807, 2.05) is 0 Å². The molecule has 0 aliphatic carbocycles. The molecule has 0 rings (SSSR count). The van der Waals surface area contributed by atoms with Crippen molar-refractivity contribution in [2.75, 3.05) is 12.4 Å². The van der Waals surface area contributed by atoms with E-state index in [0.29, 0.717) is 6.61 Å². The van der Waals surface area contributed by atoms with Crippen molar-refractivity contribution in [3.8, 4) is 0 Å². The Labute approximate surface area is 161 Å². The number of carbonyl (C=O) groups is 1. The van der Waals surface area contributed by atoms with Crippen molar-refractivity contribution in [2.45, 2.75) is 122 Å². The van der Waals surface area contributed by atoms with Crippen LogP contribution < -0.4 is 0 Å². The Morgan fingerprint density at radius 1 is 0.560 bits per heavy atom. The van der Waals surface area contributed by atoms with E-state index in [2.05, 4.69) is 0 Å². The average Bonchev–Trinajstić information content (AvgIpc) is 2.60. The number of carbonyl (C=O) groups excluding carboxylic acids is 1. The molecule has 0 spiro atoms. The molecule has 0 radical (unpaired) electrons. The molecule has 3 heteroatoms. The molecule has 150 valence electrons. The molecule has 0 aliphatic rings. The summed E-state index contributed by atoms with van der Waals surface area (Å²) in [4.78, 5) is 10.8. The molecule has 0 atom stereocenters. The highest BCUT2D eigenvalue weighted by molar-refractivity contribution is 8.13. The minimum atomic E-state index is 0.259. The molecule has 0 aromatic rings. The summed E-state index contributed by atoms with van der Waals surface area (Å²) in [7, 11) is 0. The van der Waals surface area contributed by atoms with Crippen LogP contribution in [0.15, 0.2) is 0 Å². The Bertz CT molecular complexity index is 269. The summed E-state index contributed by atoms with van der Waals surface area (Å²) < 4.78 is 0. The fourth-order valence-electron chi connectivity index (χ4n) is 3.26. The fraction of sp³-hybridized carbons (Fsp3) is 0.955. The predicted molar refractivity (Wildman–Crippen MR) is 113 cm³/mol. The van der Waals surface area contributed by atoms with Gasteiger partial charge in [-0.05, 0) is 12.8 Å². The summed E-state index contributed by atoms with van der Waals surface area (Å²) in [5.74, 6) is 1.01. The van der Waals surface area contributed by atoms with Crippen LogP contribution in [-0.4, -0.2) is 22.6 Å². The van der Waals surface area contributed by atoms with E-state index >= 15 is 0 Å². The van der Waals surface area contributed by atoms with E-state index in [1.54, 1.807) is 6.92 Å². The lowest BCUT2D eigenvalue weighted by Gasteiger charge is -2.04. The van der Waals surface area contributed by atoms with Gasteiger partial charge in [-0.1, -0.05) is 114 Å². The van der Waals surface area contributed by atoms with Crippen LogP contribution in [0.3, 0.4) is 0 Å². The Kier molecular flexibility index (Phi) is 22.0. The van der Waals surface area contributed by atoms with Crippen molar-refractivity contribution >= 4 is 16.9 Å². The fourth-order valence-corrected chi connectivity index (χ4v) is 3.89. The van der Waals surface area contributed by atoms with Crippen LogP contribution in [0.1, 0.15) is 122 Å². The van der Waals surface area contributed by atoms with Gasteiger partial charge in [0.05, 0.1) is 0 Å². The first kappa shape index (κ1) is 25.0. The van der Waals surface area contributed by atoms with Gasteiger partial charge in [0.2, 0.25) is 0 Å². The lowest BCUT2D eigenvalue weighted by atomic mass is 10.0. The summed E-state index contributed by atoms with van der Waals surface area (Å²) in [5, 5.41) is 8.97. The highest BCUT2D eigenvalue weighted by Crippen LogP contribution is 2.15. The second-order valence-corrected chi connectivity index (χ2v) is 8.70. The van der Waals surface area contributed by atoms with Gasteiger partial charge in [0.1, 0.15) is 0 Å². The van der Waals surface area contributed by atoms with Crippen LogP contribution >= 0.6 is 11.8 Å². The number of aliphatic hydroxyl groups is 1. The Hall–Kier alpha value is -0.0200. The van der Waals surface area contributed by atoms with Crippen molar-refractivity contribution < 1.29 is 9.90 Å². The monoisotopic (exact) mass is 372 g/mol. The van der Waals surface area contributed by atoms with E-state index in [1.165, 1.54) is 121 Å². The van der Waals surface area contributed by atoms with Crippen molar-refractivity contribution in [3.63, 3.8) is 0 Å².